The van der Waals surface area contributed by atoms with Crippen molar-refractivity contribution in [1.82, 2.24) is 14.5 Å². The number of hydrogen-bond donors (Lipinski definition) is 0. The molecule has 0 fully saturated rings. The van der Waals surface area contributed by atoms with Crippen LogP contribution in [0, 0.1) is 13.8 Å². The van der Waals surface area contributed by atoms with Crippen molar-refractivity contribution < 1.29 is 0 Å². The Morgan fingerprint density at radius 2 is 1.84 bits per heavy atom. The Hall–Kier alpha value is -2.49. The van der Waals surface area contributed by atoms with Gasteiger partial charge < -0.3 is 0 Å². The Morgan fingerprint density at radius 1 is 1.05 bits per heavy atom. The van der Waals surface area contributed by atoms with Crippen LogP contribution in [-0.2, 0) is 0 Å². The summed E-state index contributed by atoms with van der Waals surface area (Å²) >= 11 is 0. The van der Waals surface area contributed by atoms with Crippen LogP contribution in [0.1, 0.15) is 11.4 Å². The second-order valence-electron chi connectivity index (χ2n) is 4.49. The topological polar surface area (TPSA) is 47.8 Å². The maximum Gasteiger partial charge on any atom is 0.265 e. The molecule has 0 saturated heterocycles. The highest BCUT2D eigenvalue weighted by Gasteiger charge is 2.08. The summed E-state index contributed by atoms with van der Waals surface area (Å²) < 4.78 is 1.55. The fourth-order valence-corrected chi connectivity index (χ4v) is 2.17. The molecule has 1 aromatic carbocycles. The first-order valence-electron chi connectivity index (χ1n) is 6.08. The van der Waals surface area contributed by atoms with Crippen molar-refractivity contribution in [1.29, 1.82) is 0 Å². The summed E-state index contributed by atoms with van der Waals surface area (Å²) in [5, 5.41) is 0.616. The van der Waals surface area contributed by atoms with Gasteiger partial charge >= 0.3 is 0 Å². The molecule has 0 unspecified atom stereocenters. The number of para-hydroxylation sites is 1. The Bertz CT molecular complexity index is 821. The average molecular weight is 251 g/mol. The minimum atomic E-state index is -0.0700. The molecule has 0 aliphatic carbocycles. The van der Waals surface area contributed by atoms with Crippen LogP contribution in [0.15, 0.2) is 47.5 Å². The lowest BCUT2D eigenvalue weighted by atomic mass is 10.2. The first kappa shape index (κ1) is 11.6. The predicted octanol–water partition coefficient (Wildman–Crippen LogP) is 2.40. The van der Waals surface area contributed by atoms with Crippen LogP contribution in [0.5, 0.6) is 0 Å². The highest BCUT2D eigenvalue weighted by Crippen LogP contribution is 2.12. The molecular weight excluding hydrogens is 238 g/mol. The minimum absolute atomic E-state index is 0.0700. The number of hydrogen-bond acceptors (Lipinski definition) is 3. The Morgan fingerprint density at radius 3 is 2.63 bits per heavy atom. The van der Waals surface area contributed by atoms with Gasteiger partial charge in [0.2, 0.25) is 0 Å². The van der Waals surface area contributed by atoms with E-state index in [2.05, 4.69) is 9.97 Å². The summed E-state index contributed by atoms with van der Waals surface area (Å²) in [6.45, 7) is 3.82. The fourth-order valence-electron chi connectivity index (χ4n) is 2.17. The molecule has 2 aromatic heterocycles. The summed E-state index contributed by atoms with van der Waals surface area (Å²) in [6.07, 6.45) is 1.56. The van der Waals surface area contributed by atoms with E-state index in [1.807, 2.05) is 44.2 Å². The number of fused-ring (bicyclic) bond motifs is 1. The molecular formula is C15H13N3O. The third-order valence-corrected chi connectivity index (χ3v) is 3.12. The van der Waals surface area contributed by atoms with Crippen LogP contribution in [0.3, 0.4) is 0 Å². The molecule has 19 heavy (non-hydrogen) atoms. The van der Waals surface area contributed by atoms with Gasteiger partial charge in [-0.1, -0.05) is 12.1 Å². The number of aromatic nitrogens is 3. The quantitative estimate of drug-likeness (QED) is 0.667. The molecule has 0 atom stereocenters. The van der Waals surface area contributed by atoms with Crippen molar-refractivity contribution in [3.05, 3.63) is 64.5 Å². The second-order valence-corrected chi connectivity index (χ2v) is 4.49. The molecule has 3 aromatic rings. The average Bonchev–Trinajstić information content (AvgIpc) is 2.41. The lowest BCUT2D eigenvalue weighted by Crippen LogP contribution is -2.20. The van der Waals surface area contributed by atoms with Gasteiger partial charge in [-0.3, -0.25) is 14.3 Å². The maximum atomic E-state index is 12.5. The van der Waals surface area contributed by atoms with E-state index in [0.717, 1.165) is 17.1 Å². The maximum absolute atomic E-state index is 12.5. The van der Waals surface area contributed by atoms with Gasteiger partial charge in [0.05, 0.1) is 22.3 Å². The van der Waals surface area contributed by atoms with Crippen LogP contribution in [-0.4, -0.2) is 14.5 Å². The molecule has 4 heteroatoms. The molecule has 0 amide bonds. The Balaban J connectivity index is 2.31. The summed E-state index contributed by atoms with van der Waals surface area (Å²) in [6, 6.07) is 11.1. The van der Waals surface area contributed by atoms with Gasteiger partial charge in [0.15, 0.2) is 0 Å². The normalized spacial score (nSPS) is 10.8. The SMILES string of the molecule is Cc1ccc(-n2cnc3ccccc3c2=O)c(C)n1. The van der Waals surface area contributed by atoms with Crippen molar-refractivity contribution in [2.24, 2.45) is 0 Å². The molecule has 0 bridgehead atoms. The van der Waals surface area contributed by atoms with Gasteiger partial charge in [-0.2, -0.15) is 0 Å². The van der Waals surface area contributed by atoms with Crippen LogP contribution in [0.4, 0.5) is 0 Å². The highest BCUT2D eigenvalue weighted by atomic mass is 16.1. The van der Waals surface area contributed by atoms with E-state index in [4.69, 9.17) is 0 Å². The van der Waals surface area contributed by atoms with Crippen molar-refractivity contribution in [3.63, 3.8) is 0 Å². The first-order valence-corrected chi connectivity index (χ1v) is 6.08. The predicted molar refractivity (Wildman–Crippen MR) is 74.6 cm³/mol. The van der Waals surface area contributed by atoms with Gasteiger partial charge in [0.1, 0.15) is 6.33 Å². The summed E-state index contributed by atoms with van der Waals surface area (Å²) in [5.41, 5.74) is 3.16. The Kier molecular flexibility index (Phi) is 2.63. The smallest absolute Gasteiger partial charge is 0.265 e. The van der Waals surface area contributed by atoms with E-state index in [-0.39, 0.29) is 5.56 Å². The zero-order valence-electron chi connectivity index (χ0n) is 10.8. The first-order chi connectivity index (χ1) is 9.16. The number of nitrogens with zero attached hydrogens (tertiary/aromatic N) is 3. The number of benzene rings is 1. The molecule has 0 saturated carbocycles. The van der Waals surface area contributed by atoms with Gasteiger partial charge in [0.25, 0.3) is 5.56 Å². The monoisotopic (exact) mass is 251 g/mol. The lowest BCUT2D eigenvalue weighted by Gasteiger charge is -2.09. The van der Waals surface area contributed by atoms with Crippen LogP contribution in [0.2, 0.25) is 0 Å². The van der Waals surface area contributed by atoms with E-state index >= 15 is 0 Å². The number of pyridine rings is 1. The zero-order valence-corrected chi connectivity index (χ0v) is 10.8. The van der Waals surface area contributed by atoms with Gasteiger partial charge in [-0.25, -0.2) is 4.98 Å². The molecule has 0 N–H and O–H groups in total. The van der Waals surface area contributed by atoms with Gasteiger partial charge in [-0.05, 0) is 38.1 Å². The van der Waals surface area contributed by atoms with Gasteiger partial charge in [-0.15, -0.1) is 0 Å². The van der Waals surface area contributed by atoms with Crippen molar-refractivity contribution in [3.8, 4) is 5.69 Å². The van der Waals surface area contributed by atoms with E-state index < -0.39 is 0 Å². The summed E-state index contributed by atoms with van der Waals surface area (Å²) in [4.78, 5) is 21.2. The van der Waals surface area contributed by atoms with Gasteiger partial charge in [0, 0.05) is 5.69 Å². The Labute approximate surface area is 110 Å². The number of rotatable bonds is 1. The van der Waals surface area contributed by atoms with Crippen molar-refractivity contribution >= 4 is 10.9 Å². The number of aryl methyl sites for hydroxylation is 2. The molecule has 94 valence electrons. The minimum Gasteiger partial charge on any atom is -0.268 e. The van der Waals surface area contributed by atoms with E-state index in [9.17, 15) is 4.79 Å². The highest BCUT2D eigenvalue weighted by molar-refractivity contribution is 5.77. The molecule has 4 nitrogen and oxygen atoms in total. The van der Waals surface area contributed by atoms with E-state index in [0.29, 0.717) is 10.9 Å². The van der Waals surface area contributed by atoms with Crippen molar-refractivity contribution in [2.45, 2.75) is 13.8 Å². The van der Waals surface area contributed by atoms with Crippen LogP contribution in [0.25, 0.3) is 16.6 Å². The third kappa shape index (κ3) is 1.91. The molecule has 3 rings (SSSR count). The largest absolute Gasteiger partial charge is 0.268 e. The molecule has 0 radical (unpaired) electrons. The summed E-state index contributed by atoms with van der Waals surface area (Å²) in [7, 11) is 0. The van der Waals surface area contributed by atoms with Crippen LogP contribution >= 0.6 is 0 Å². The van der Waals surface area contributed by atoms with Crippen molar-refractivity contribution in [2.75, 3.05) is 0 Å². The van der Waals surface area contributed by atoms with E-state index in [1.54, 1.807) is 17.0 Å². The standard InChI is InChI=1S/C15H13N3O/c1-10-7-8-14(11(2)17-10)18-9-16-13-6-4-3-5-12(13)15(18)19/h3-9H,1-2H3. The lowest BCUT2D eigenvalue weighted by molar-refractivity contribution is 0.928. The van der Waals surface area contributed by atoms with E-state index in [1.165, 1.54) is 0 Å². The van der Waals surface area contributed by atoms with Crippen LogP contribution < -0.4 is 5.56 Å². The molecule has 2 heterocycles. The molecule has 0 aliphatic rings. The third-order valence-electron chi connectivity index (χ3n) is 3.12. The summed E-state index contributed by atoms with van der Waals surface area (Å²) in [5.74, 6) is 0. The zero-order chi connectivity index (χ0) is 13.4. The molecule has 0 spiro atoms. The molecule has 0 aliphatic heterocycles. The fraction of sp³-hybridized carbons (Fsp3) is 0.133. The second kappa shape index (κ2) is 4.31.